The van der Waals surface area contributed by atoms with Gasteiger partial charge in [-0.2, -0.15) is 0 Å². The number of pyridine rings is 1. The van der Waals surface area contributed by atoms with Crippen LogP contribution in [-0.4, -0.2) is 48.6 Å². The first kappa shape index (κ1) is 15.7. The topological polar surface area (TPSA) is 54.5 Å². The molecule has 0 spiro atoms. The highest BCUT2D eigenvalue weighted by molar-refractivity contribution is 5.99. The molecule has 1 aromatic heterocycles. The van der Waals surface area contributed by atoms with E-state index >= 15 is 0 Å². The van der Waals surface area contributed by atoms with Gasteiger partial charge in [0.15, 0.2) is 0 Å². The van der Waals surface area contributed by atoms with Crippen LogP contribution in [0.2, 0.25) is 0 Å². The Labute approximate surface area is 124 Å². The molecule has 0 bridgehead atoms. The molecule has 1 aromatic rings. The first-order chi connectivity index (χ1) is 10.2. The van der Waals surface area contributed by atoms with E-state index in [0.29, 0.717) is 31.1 Å². The summed E-state index contributed by atoms with van der Waals surface area (Å²) in [4.78, 5) is 18.5. The Kier molecular flexibility index (Phi) is 5.50. The highest BCUT2D eigenvalue weighted by atomic mass is 19.1. The fourth-order valence-electron chi connectivity index (χ4n) is 2.17. The van der Waals surface area contributed by atoms with E-state index in [1.807, 2.05) is 6.92 Å². The number of anilines is 1. The van der Waals surface area contributed by atoms with Crippen LogP contribution in [0.3, 0.4) is 0 Å². The van der Waals surface area contributed by atoms with Crippen molar-refractivity contribution in [1.29, 1.82) is 0 Å². The minimum atomic E-state index is -0.497. The highest BCUT2D eigenvalue weighted by Crippen LogP contribution is 2.29. The van der Waals surface area contributed by atoms with Crippen LogP contribution in [0.1, 0.15) is 36.5 Å². The van der Waals surface area contributed by atoms with Gasteiger partial charge in [0.05, 0.1) is 18.4 Å². The first-order valence-electron chi connectivity index (χ1n) is 7.36. The Morgan fingerprint density at radius 2 is 2.33 bits per heavy atom. The SMILES string of the molecule is CCCNc1ncc(F)cc1C(=O)N(CCOC)C1CC1. The number of nitrogens with one attached hydrogen (secondary N) is 1. The summed E-state index contributed by atoms with van der Waals surface area (Å²) in [6.07, 6.45) is 4.03. The van der Waals surface area contributed by atoms with Crippen LogP contribution in [0.15, 0.2) is 12.3 Å². The van der Waals surface area contributed by atoms with Crippen molar-refractivity contribution in [2.45, 2.75) is 32.2 Å². The maximum atomic E-state index is 13.5. The molecule has 1 aliphatic rings. The van der Waals surface area contributed by atoms with E-state index in [0.717, 1.165) is 25.5 Å². The van der Waals surface area contributed by atoms with Crippen LogP contribution in [0.4, 0.5) is 10.2 Å². The fraction of sp³-hybridized carbons (Fsp3) is 0.600. The predicted molar refractivity (Wildman–Crippen MR) is 78.9 cm³/mol. The van der Waals surface area contributed by atoms with Crippen LogP contribution in [0.5, 0.6) is 0 Å². The van der Waals surface area contributed by atoms with Crippen molar-refractivity contribution in [1.82, 2.24) is 9.88 Å². The number of carbonyl (C=O) groups is 1. The molecule has 0 radical (unpaired) electrons. The number of methoxy groups -OCH3 is 1. The van der Waals surface area contributed by atoms with Crippen molar-refractivity contribution < 1.29 is 13.9 Å². The van der Waals surface area contributed by atoms with Gasteiger partial charge in [0, 0.05) is 26.2 Å². The van der Waals surface area contributed by atoms with Gasteiger partial charge >= 0.3 is 0 Å². The molecular formula is C15H22FN3O2. The molecule has 116 valence electrons. The molecule has 1 heterocycles. The summed E-state index contributed by atoms with van der Waals surface area (Å²) in [6, 6.07) is 1.50. The molecule has 1 fully saturated rings. The summed E-state index contributed by atoms with van der Waals surface area (Å²) >= 11 is 0. The maximum Gasteiger partial charge on any atom is 0.258 e. The van der Waals surface area contributed by atoms with Gasteiger partial charge in [0.25, 0.3) is 5.91 Å². The van der Waals surface area contributed by atoms with Crippen molar-refractivity contribution >= 4 is 11.7 Å². The Morgan fingerprint density at radius 3 is 2.95 bits per heavy atom. The van der Waals surface area contributed by atoms with Crippen molar-refractivity contribution in [2.75, 3.05) is 32.1 Å². The molecule has 0 unspecified atom stereocenters. The van der Waals surface area contributed by atoms with Gasteiger partial charge in [-0.05, 0) is 25.3 Å². The lowest BCUT2D eigenvalue weighted by molar-refractivity contribution is 0.0680. The minimum Gasteiger partial charge on any atom is -0.383 e. The van der Waals surface area contributed by atoms with E-state index < -0.39 is 5.82 Å². The Bertz CT molecular complexity index is 492. The molecule has 0 atom stereocenters. The molecule has 5 nitrogen and oxygen atoms in total. The van der Waals surface area contributed by atoms with E-state index in [-0.39, 0.29) is 11.9 Å². The van der Waals surface area contributed by atoms with Crippen molar-refractivity contribution in [3.63, 3.8) is 0 Å². The average Bonchev–Trinajstić information content (AvgIpc) is 3.31. The molecular weight excluding hydrogens is 273 g/mol. The number of hydrogen-bond acceptors (Lipinski definition) is 4. The van der Waals surface area contributed by atoms with E-state index in [1.54, 1.807) is 12.0 Å². The number of nitrogens with zero attached hydrogens (tertiary/aromatic N) is 2. The predicted octanol–water partition coefficient (Wildman–Crippen LogP) is 2.29. The van der Waals surface area contributed by atoms with Crippen molar-refractivity contribution in [3.8, 4) is 0 Å². The average molecular weight is 295 g/mol. The van der Waals surface area contributed by atoms with Gasteiger partial charge in [0.1, 0.15) is 11.6 Å². The third kappa shape index (κ3) is 4.14. The molecule has 21 heavy (non-hydrogen) atoms. The number of halogens is 1. The Morgan fingerprint density at radius 1 is 1.57 bits per heavy atom. The molecule has 2 rings (SSSR count). The lowest BCUT2D eigenvalue weighted by Gasteiger charge is -2.23. The van der Waals surface area contributed by atoms with Gasteiger partial charge in [-0.3, -0.25) is 4.79 Å². The standard InChI is InChI=1S/C15H22FN3O2/c1-3-6-17-14-13(9-11(16)10-18-14)15(20)19(7-8-21-2)12-4-5-12/h9-10,12H,3-8H2,1-2H3,(H,17,18). The van der Waals surface area contributed by atoms with Gasteiger partial charge in [0.2, 0.25) is 0 Å². The second-order valence-corrected chi connectivity index (χ2v) is 5.20. The number of ether oxygens (including phenoxy) is 1. The van der Waals surface area contributed by atoms with E-state index in [2.05, 4.69) is 10.3 Å². The largest absolute Gasteiger partial charge is 0.383 e. The van der Waals surface area contributed by atoms with Gasteiger partial charge in [-0.25, -0.2) is 9.37 Å². The second kappa shape index (κ2) is 7.36. The number of rotatable bonds is 8. The zero-order valence-corrected chi connectivity index (χ0v) is 12.6. The molecule has 1 aliphatic carbocycles. The summed E-state index contributed by atoms with van der Waals surface area (Å²) in [5, 5.41) is 3.08. The van der Waals surface area contributed by atoms with Gasteiger partial charge < -0.3 is 15.0 Å². The molecule has 0 aromatic carbocycles. The Hall–Kier alpha value is -1.69. The lowest BCUT2D eigenvalue weighted by Crippen LogP contribution is -2.36. The van der Waals surface area contributed by atoms with Crippen LogP contribution in [0, 0.1) is 5.82 Å². The zero-order chi connectivity index (χ0) is 15.2. The first-order valence-corrected chi connectivity index (χ1v) is 7.36. The Balaban J connectivity index is 2.20. The minimum absolute atomic E-state index is 0.180. The fourth-order valence-corrected chi connectivity index (χ4v) is 2.17. The summed E-state index contributed by atoms with van der Waals surface area (Å²) in [6.45, 7) is 3.71. The quantitative estimate of drug-likeness (QED) is 0.799. The van der Waals surface area contributed by atoms with Crippen LogP contribution >= 0.6 is 0 Å². The molecule has 6 heteroatoms. The number of amides is 1. The molecule has 1 amide bonds. The summed E-state index contributed by atoms with van der Waals surface area (Å²) in [7, 11) is 1.60. The van der Waals surface area contributed by atoms with Crippen LogP contribution in [-0.2, 0) is 4.74 Å². The third-order valence-corrected chi connectivity index (χ3v) is 3.41. The maximum absolute atomic E-state index is 13.5. The van der Waals surface area contributed by atoms with Gasteiger partial charge in [-0.1, -0.05) is 6.92 Å². The highest BCUT2D eigenvalue weighted by Gasteiger charge is 2.34. The van der Waals surface area contributed by atoms with E-state index in [9.17, 15) is 9.18 Å². The summed E-state index contributed by atoms with van der Waals surface area (Å²) in [5.41, 5.74) is 0.298. The smallest absolute Gasteiger partial charge is 0.258 e. The second-order valence-electron chi connectivity index (χ2n) is 5.20. The van der Waals surface area contributed by atoms with Crippen LogP contribution < -0.4 is 5.32 Å². The number of carbonyl (C=O) groups excluding carboxylic acids is 1. The van der Waals surface area contributed by atoms with E-state index in [4.69, 9.17) is 4.74 Å². The normalized spacial score (nSPS) is 14.0. The third-order valence-electron chi connectivity index (χ3n) is 3.41. The number of hydrogen-bond donors (Lipinski definition) is 1. The zero-order valence-electron chi connectivity index (χ0n) is 12.6. The molecule has 0 saturated heterocycles. The summed E-state index contributed by atoms with van der Waals surface area (Å²) < 4.78 is 18.5. The van der Waals surface area contributed by atoms with Crippen molar-refractivity contribution in [3.05, 3.63) is 23.6 Å². The van der Waals surface area contributed by atoms with Crippen LogP contribution in [0.25, 0.3) is 0 Å². The van der Waals surface area contributed by atoms with E-state index in [1.165, 1.54) is 6.07 Å². The molecule has 0 aliphatic heterocycles. The molecule has 1 N–H and O–H groups in total. The number of aromatic nitrogens is 1. The monoisotopic (exact) mass is 295 g/mol. The molecule has 1 saturated carbocycles. The summed E-state index contributed by atoms with van der Waals surface area (Å²) in [5.74, 6) is -0.227. The van der Waals surface area contributed by atoms with Crippen molar-refractivity contribution in [2.24, 2.45) is 0 Å². The van der Waals surface area contributed by atoms with Gasteiger partial charge in [-0.15, -0.1) is 0 Å². The lowest BCUT2D eigenvalue weighted by atomic mass is 10.2.